The van der Waals surface area contributed by atoms with Gasteiger partial charge in [-0.05, 0) is 36.7 Å². The molecule has 2 amide bonds. The molecule has 130 valence electrons. The molecular weight excluding hydrogens is 358 g/mol. The zero-order valence-electron chi connectivity index (χ0n) is 13.7. The maximum Gasteiger partial charge on any atom is 0.251 e. The van der Waals surface area contributed by atoms with Crippen LogP contribution < -0.4 is 11.1 Å². The summed E-state index contributed by atoms with van der Waals surface area (Å²) in [5.74, 6) is -0.832. The molecule has 0 fully saturated rings. The van der Waals surface area contributed by atoms with Gasteiger partial charge in [-0.15, -0.1) is 11.3 Å². The molecule has 2 aromatic rings. The van der Waals surface area contributed by atoms with E-state index in [1.54, 1.807) is 12.1 Å². The summed E-state index contributed by atoms with van der Waals surface area (Å²) in [6, 6.07) is 7.25. The Morgan fingerprint density at radius 1 is 1.36 bits per heavy atom. The SMILES string of the molecule is CN1CCc2c(sc(NC(=O)/C=C\c3ccccc3Cl)c2C(N)=O)C1. The van der Waals surface area contributed by atoms with Gasteiger partial charge in [0.15, 0.2) is 0 Å². The van der Waals surface area contributed by atoms with Crippen molar-refractivity contribution in [1.82, 2.24) is 4.90 Å². The van der Waals surface area contributed by atoms with Crippen molar-refractivity contribution >= 4 is 45.8 Å². The van der Waals surface area contributed by atoms with Crippen molar-refractivity contribution in [1.29, 1.82) is 0 Å². The minimum atomic E-state index is -0.507. The molecule has 0 radical (unpaired) electrons. The van der Waals surface area contributed by atoms with Crippen LogP contribution in [0.3, 0.4) is 0 Å². The van der Waals surface area contributed by atoms with Gasteiger partial charge in [0.05, 0.1) is 5.56 Å². The van der Waals surface area contributed by atoms with E-state index in [1.165, 1.54) is 17.4 Å². The van der Waals surface area contributed by atoms with Gasteiger partial charge < -0.3 is 16.0 Å². The number of anilines is 1. The smallest absolute Gasteiger partial charge is 0.251 e. The van der Waals surface area contributed by atoms with Crippen LogP contribution in [0.4, 0.5) is 5.00 Å². The van der Waals surface area contributed by atoms with E-state index in [4.69, 9.17) is 17.3 Å². The first-order valence-electron chi connectivity index (χ1n) is 7.82. The van der Waals surface area contributed by atoms with Gasteiger partial charge in [-0.25, -0.2) is 0 Å². The molecule has 0 unspecified atom stereocenters. The van der Waals surface area contributed by atoms with Crippen LogP contribution in [-0.4, -0.2) is 30.3 Å². The second kappa shape index (κ2) is 7.39. The van der Waals surface area contributed by atoms with Gasteiger partial charge in [0.1, 0.15) is 5.00 Å². The second-order valence-corrected chi connectivity index (χ2v) is 7.42. The molecule has 25 heavy (non-hydrogen) atoms. The number of nitrogens with two attached hydrogens (primary N) is 1. The van der Waals surface area contributed by atoms with Crippen LogP contribution in [-0.2, 0) is 17.8 Å². The summed E-state index contributed by atoms with van der Waals surface area (Å²) in [7, 11) is 2.02. The standard InChI is InChI=1S/C18H18ClN3O2S/c1-22-9-8-12-14(10-22)25-18(16(12)17(20)24)21-15(23)7-6-11-4-2-3-5-13(11)19/h2-7H,8-10H2,1H3,(H2,20,24)(H,21,23)/b7-6-. The van der Waals surface area contributed by atoms with Crippen molar-refractivity contribution in [2.45, 2.75) is 13.0 Å². The number of likely N-dealkylation sites (N-methyl/N-ethyl adjacent to an activating group) is 1. The third kappa shape index (κ3) is 3.92. The van der Waals surface area contributed by atoms with Crippen molar-refractivity contribution in [2.75, 3.05) is 18.9 Å². The predicted molar refractivity (Wildman–Crippen MR) is 102 cm³/mol. The average molecular weight is 376 g/mol. The Morgan fingerprint density at radius 3 is 2.84 bits per heavy atom. The van der Waals surface area contributed by atoms with Crippen LogP contribution in [0.2, 0.25) is 5.02 Å². The molecule has 0 saturated heterocycles. The summed E-state index contributed by atoms with van der Waals surface area (Å²) in [5, 5.41) is 3.87. The molecule has 1 aromatic heterocycles. The third-order valence-corrected chi connectivity index (χ3v) is 5.53. The highest BCUT2D eigenvalue weighted by Gasteiger charge is 2.26. The van der Waals surface area contributed by atoms with Crippen LogP contribution in [0, 0.1) is 0 Å². The van der Waals surface area contributed by atoms with E-state index in [0.717, 1.165) is 35.5 Å². The van der Waals surface area contributed by atoms with E-state index >= 15 is 0 Å². The minimum Gasteiger partial charge on any atom is -0.365 e. The van der Waals surface area contributed by atoms with Gasteiger partial charge in [-0.3, -0.25) is 9.59 Å². The molecule has 5 nitrogen and oxygen atoms in total. The number of fused-ring (bicyclic) bond motifs is 1. The summed E-state index contributed by atoms with van der Waals surface area (Å²) in [6.07, 6.45) is 3.80. The van der Waals surface area contributed by atoms with Crippen LogP contribution in [0.5, 0.6) is 0 Å². The fourth-order valence-corrected chi connectivity index (χ4v) is 4.34. The number of carbonyl (C=O) groups is 2. The number of nitrogens with zero attached hydrogens (tertiary/aromatic N) is 1. The molecule has 1 aliphatic rings. The van der Waals surface area contributed by atoms with Crippen molar-refractivity contribution in [3.63, 3.8) is 0 Å². The molecule has 1 aliphatic heterocycles. The molecule has 3 N–H and O–H groups in total. The van der Waals surface area contributed by atoms with E-state index in [-0.39, 0.29) is 5.91 Å². The zero-order chi connectivity index (χ0) is 18.0. The van der Waals surface area contributed by atoms with Gasteiger partial charge in [0.25, 0.3) is 5.91 Å². The highest BCUT2D eigenvalue weighted by molar-refractivity contribution is 7.17. The lowest BCUT2D eigenvalue weighted by atomic mass is 10.0. The first-order valence-corrected chi connectivity index (χ1v) is 9.01. The highest BCUT2D eigenvalue weighted by atomic mass is 35.5. The summed E-state index contributed by atoms with van der Waals surface area (Å²) >= 11 is 7.48. The van der Waals surface area contributed by atoms with Crippen molar-refractivity contribution < 1.29 is 9.59 Å². The van der Waals surface area contributed by atoms with E-state index in [9.17, 15) is 9.59 Å². The first-order chi connectivity index (χ1) is 12.0. The summed E-state index contributed by atoms with van der Waals surface area (Å²) in [5.41, 5.74) is 7.69. The van der Waals surface area contributed by atoms with Gasteiger partial charge in [0.2, 0.25) is 5.91 Å². The van der Waals surface area contributed by atoms with E-state index < -0.39 is 5.91 Å². The zero-order valence-corrected chi connectivity index (χ0v) is 15.3. The largest absolute Gasteiger partial charge is 0.365 e. The summed E-state index contributed by atoms with van der Waals surface area (Å²) < 4.78 is 0. The maximum atomic E-state index is 12.3. The minimum absolute atomic E-state index is 0.325. The maximum absolute atomic E-state index is 12.3. The van der Waals surface area contributed by atoms with Gasteiger partial charge in [0, 0.05) is 29.1 Å². The number of carbonyl (C=O) groups excluding carboxylic acids is 2. The quantitative estimate of drug-likeness (QED) is 0.806. The number of halogens is 1. The Hall–Kier alpha value is -2.15. The van der Waals surface area contributed by atoms with Crippen LogP contribution in [0.1, 0.15) is 26.4 Å². The molecule has 0 aliphatic carbocycles. The molecule has 0 spiro atoms. The number of primary amides is 1. The van der Waals surface area contributed by atoms with Crippen LogP contribution in [0.15, 0.2) is 30.3 Å². The number of nitrogens with one attached hydrogen (secondary N) is 1. The summed E-state index contributed by atoms with van der Waals surface area (Å²) in [4.78, 5) is 27.4. The fourth-order valence-electron chi connectivity index (χ4n) is 2.81. The lowest BCUT2D eigenvalue weighted by molar-refractivity contribution is -0.111. The third-order valence-electron chi connectivity index (χ3n) is 4.05. The fraction of sp³-hybridized carbons (Fsp3) is 0.222. The number of rotatable bonds is 4. The number of hydrogen-bond donors (Lipinski definition) is 2. The van der Waals surface area contributed by atoms with E-state index in [2.05, 4.69) is 10.2 Å². The molecule has 1 aromatic carbocycles. The van der Waals surface area contributed by atoms with Crippen LogP contribution >= 0.6 is 22.9 Å². The number of benzene rings is 1. The van der Waals surface area contributed by atoms with E-state index in [0.29, 0.717) is 15.6 Å². The van der Waals surface area contributed by atoms with Gasteiger partial charge in [-0.2, -0.15) is 0 Å². The Balaban J connectivity index is 1.82. The highest BCUT2D eigenvalue weighted by Crippen LogP contribution is 2.36. The van der Waals surface area contributed by atoms with Gasteiger partial charge in [-0.1, -0.05) is 29.8 Å². The van der Waals surface area contributed by atoms with Crippen molar-refractivity contribution in [3.05, 3.63) is 56.9 Å². The van der Waals surface area contributed by atoms with Crippen molar-refractivity contribution in [3.8, 4) is 0 Å². The topological polar surface area (TPSA) is 75.4 Å². The van der Waals surface area contributed by atoms with Crippen molar-refractivity contribution in [2.24, 2.45) is 5.73 Å². The Morgan fingerprint density at radius 2 is 2.12 bits per heavy atom. The first kappa shape index (κ1) is 17.7. The normalized spacial score (nSPS) is 14.5. The average Bonchev–Trinajstić information content (AvgIpc) is 2.91. The van der Waals surface area contributed by atoms with E-state index in [1.807, 2.05) is 25.2 Å². The lowest BCUT2D eigenvalue weighted by Crippen LogP contribution is -2.27. The Bertz CT molecular complexity index is 860. The summed E-state index contributed by atoms with van der Waals surface area (Å²) in [6.45, 7) is 1.62. The molecule has 3 rings (SSSR count). The molecule has 2 heterocycles. The molecule has 0 atom stereocenters. The molecular formula is C18H18ClN3O2S. The Labute approximate surface area is 155 Å². The number of hydrogen-bond acceptors (Lipinski definition) is 4. The predicted octanol–water partition coefficient (Wildman–Crippen LogP) is 3.14. The molecule has 7 heteroatoms. The second-order valence-electron chi connectivity index (χ2n) is 5.90. The van der Waals surface area contributed by atoms with Gasteiger partial charge >= 0.3 is 0 Å². The molecule has 0 saturated carbocycles. The van der Waals surface area contributed by atoms with Crippen LogP contribution in [0.25, 0.3) is 6.08 Å². The monoisotopic (exact) mass is 375 g/mol. The Kier molecular flexibility index (Phi) is 5.22. The number of amides is 2. The number of thiophene rings is 1. The molecule has 0 bridgehead atoms. The lowest BCUT2D eigenvalue weighted by Gasteiger charge is -2.22.